The SMILES string of the molecule is CC(C)(C)OC(=O)NC[C@@H]1CC[C@@H](C(=O)N2C(=O)OC[C@H]2Cc2ccccc2)[C@H](c2ccc(Br)cc2)C1. The number of alkyl carbamates (subject to hydrolysis) is 1. The summed E-state index contributed by atoms with van der Waals surface area (Å²) in [5.74, 6) is -0.404. The Kier molecular flexibility index (Phi) is 8.57. The summed E-state index contributed by atoms with van der Waals surface area (Å²) >= 11 is 3.49. The molecule has 0 bridgehead atoms. The number of hydrogen-bond donors (Lipinski definition) is 1. The van der Waals surface area contributed by atoms with Crippen molar-refractivity contribution in [3.63, 3.8) is 0 Å². The van der Waals surface area contributed by atoms with Crippen LogP contribution in [0.25, 0.3) is 0 Å². The van der Waals surface area contributed by atoms with Crippen LogP contribution >= 0.6 is 15.9 Å². The van der Waals surface area contributed by atoms with Gasteiger partial charge in [-0.1, -0.05) is 58.4 Å². The van der Waals surface area contributed by atoms with E-state index in [4.69, 9.17) is 9.47 Å². The minimum absolute atomic E-state index is 0.0782. The average molecular weight is 572 g/mol. The Morgan fingerprint density at radius 2 is 1.78 bits per heavy atom. The van der Waals surface area contributed by atoms with Crippen molar-refractivity contribution >= 4 is 34.0 Å². The van der Waals surface area contributed by atoms with E-state index in [1.54, 1.807) is 0 Å². The summed E-state index contributed by atoms with van der Waals surface area (Å²) in [6.07, 6.45) is 1.69. The highest BCUT2D eigenvalue weighted by Gasteiger charge is 2.45. The molecule has 2 aromatic carbocycles. The van der Waals surface area contributed by atoms with Crippen molar-refractivity contribution in [1.29, 1.82) is 0 Å². The van der Waals surface area contributed by atoms with Gasteiger partial charge in [-0.05, 0) is 81.5 Å². The van der Waals surface area contributed by atoms with Gasteiger partial charge in [-0.3, -0.25) is 4.79 Å². The van der Waals surface area contributed by atoms with Crippen molar-refractivity contribution in [1.82, 2.24) is 10.2 Å². The molecule has 2 aliphatic rings. The zero-order chi connectivity index (χ0) is 26.6. The zero-order valence-corrected chi connectivity index (χ0v) is 23.2. The molecule has 7 nitrogen and oxygen atoms in total. The van der Waals surface area contributed by atoms with E-state index in [1.165, 1.54) is 4.90 Å². The first kappa shape index (κ1) is 27.2. The van der Waals surface area contributed by atoms with Gasteiger partial charge < -0.3 is 14.8 Å². The lowest BCUT2D eigenvalue weighted by atomic mass is 9.70. The maximum absolute atomic E-state index is 13.9. The molecule has 4 atom stereocenters. The maximum atomic E-state index is 13.9. The number of carbonyl (C=O) groups is 3. The number of benzene rings is 2. The number of cyclic esters (lactones) is 1. The van der Waals surface area contributed by atoms with Gasteiger partial charge in [-0.2, -0.15) is 0 Å². The van der Waals surface area contributed by atoms with E-state index in [0.29, 0.717) is 19.4 Å². The summed E-state index contributed by atoms with van der Waals surface area (Å²) in [5.41, 5.74) is 1.55. The lowest BCUT2D eigenvalue weighted by Crippen LogP contribution is -2.47. The molecule has 198 valence electrons. The lowest BCUT2D eigenvalue weighted by molar-refractivity contribution is -0.135. The highest BCUT2D eigenvalue weighted by atomic mass is 79.9. The molecular formula is C29H35BrN2O5. The molecule has 2 fully saturated rings. The molecule has 0 unspecified atom stereocenters. The Bertz CT molecular complexity index is 1100. The number of rotatable bonds is 6. The minimum Gasteiger partial charge on any atom is -0.447 e. The first-order chi connectivity index (χ1) is 17.6. The minimum atomic E-state index is -0.561. The summed E-state index contributed by atoms with van der Waals surface area (Å²) in [6, 6.07) is 17.5. The third kappa shape index (κ3) is 7.12. The van der Waals surface area contributed by atoms with Gasteiger partial charge in [-0.25, -0.2) is 14.5 Å². The summed E-state index contributed by atoms with van der Waals surface area (Å²) in [5, 5.41) is 2.89. The zero-order valence-electron chi connectivity index (χ0n) is 21.6. The van der Waals surface area contributed by atoms with E-state index in [2.05, 4.69) is 21.2 Å². The number of ether oxygens (including phenoxy) is 2. The first-order valence-electron chi connectivity index (χ1n) is 12.9. The molecule has 37 heavy (non-hydrogen) atoms. The van der Waals surface area contributed by atoms with Gasteiger partial charge in [0.1, 0.15) is 12.2 Å². The fourth-order valence-corrected chi connectivity index (χ4v) is 5.57. The van der Waals surface area contributed by atoms with Crippen molar-refractivity contribution in [2.24, 2.45) is 11.8 Å². The van der Waals surface area contributed by atoms with Crippen molar-refractivity contribution in [3.8, 4) is 0 Å². The van der Waals surface area contributed by atoms with E-state index in [9.17, 15) is 14.4 Å². The van der Waals surface area contributed by atoms with Crippen LogP contribution in [0.3, 0.4) is 0 Å². The van der Waals surface area contributed by atoms with Gasteiger partial charge in [0.05, 0.1) is 6.04 Å². The van der Waals surface area contributed by atoms with Crippen molar-refractivity contribution in [2.45, 2.75) is 64.0 Å². The van der Waals surface area contributed by atoms with Gasteiger partial charge in [0, 0.05) is 16.9 Å². The number of nitrogens with zero attached hydrogens (tertiary/aromatic N) is 1. The predicted octanol–water partition coefficient (Wildman–Crippen LogP) is 6.06. The number of imide groups is 1. The Labute approximate surface area is 227 Å². The van der Waals surface area contributed by atoms with Crippen LogP contribution in [0, 0.1) is 11.8 Å². The smallest absolute Gasteiger partial charge is 0.416 e. The fourth-order valence-electron chi connectivity index (χ4n) is 5.30. The lowest BCUT2D eigenvalue weighted by Gasteiger charge is -2.37. The maximum Gasteiger partial charge on any atom is 0.416 e. The van der Waals surface area contributed by atoms with Gasteiger partial charge in [0.15, 0.2) is 0 Å². The molecule has 1 aliphatic heterocycles. The molecule has 1 heterocycles. The normalized spacial score (nSPS) is 23.9. The van der Waals surface area contributed by atoms with Crippen molar-refractivity contribution < 1.29 is 23.9 Å². The van der Waals surface area contributed by atoms with Crippen LogP contribution < -0.4 is 5.32 Å². The first-order valence-corrected chi connectivity index (χ1v) is 13.7. The molecule has 0 aromatic heterocycles. The Morgan fingerprint density at radius 3 is 2.46 bits per heavy atom. The number of halogens is 1. The summed E-state index contributed by atoms with van der Waals surface area (Å²) < 4.78 is 11.7. The number of carbonyl (C=O) groups excluding carboxylic acids is 3. The molecule has 1 N–H and O–H groups in total. The second-order valence-electron chi connectivity index (χ2n) is 11.0. The van der Waals surface area contributed by atoms with E-state index in [0.717, 1.165) is 28.4 Å². The third-order valence-corrected chi connectivity index (χ3v) is 7.55. The van der Waals surface area contributed by atoms with Crippen molar-refractivity contribution in [2.75, 3.05) is 13.2 Å². The molecule has 1 aliphatic carbocycles. The highest BCUT2D eigenvalue weighted by Crippen LogP contribution is 2.42. The molecule has 8 heteroatoms. The third-order valence-electron chi connectivity index (χ3n) is 7.02. The fraction of sp³-hybridized carbons (Fsp3) is 0.483. The highest BCUT2D eigenvalue weighted by molar-refractivity contribution is 9.10. The number of nitrogens with one attached hydrogen (secondary N) is 1. The van der Waals surface area contributed by atoms with E-state index in [1.807, 2.05) is 75.4 Å². The van der Waals surface area contributed by atoms with Crippen LogP contribution in [0.4, 0.5) is 9.59 Å². The Morgan fingerprint density at radius 1 is 1.08 bits per heavy atom. The van der Waals surface area contributed by atoms with E-state index in [-0.39, 0.29) is 36.3 Å². The second-order valence-corrected chi connectivity index (χ2v) is 11.9. The summed E-state index contributed by atoms with van der Waals surface area (Å²) in [4.78, 5) is 40.2. The standard InChI is InChI=1S/C29H35BrN2O5/c1-29(2,3)37-27(34)31-17-20-9-14-24(25(16-20)21-10-12-22(30)13-11-21)26(33)32-23(18-36-28(32)35)15-19-7-5-4-6-8-19/h4-8,10-13,20,23-25H,9,14-18H2,1-3H3,(H,31,34)/t20-,23-,24-,25+/m1/s1. The van der Waals surface area contributed by atoms with Gasteiger partial charge in [0.25, 0.3) is 0 Å². The van der Waals surface area contributed by atoms with Crippen LogP contribution in [0.5, 0.6) is 0 Å². The largest absolute Gasteiger partial charge is 0.447 e. The van der Waals surface area contributed by atoms with Crippen LogP contribution in [0.15, 0.2) is 59.1 Å². The summed E-state index contributed by atoms with van der Waals surface area (Å²) in [7, 11) is 0. The van der Waals surface area contributed by atoms with Crippen LogP contribution in [-0.4, -0.2) is 47.8 Å². The van der Waals surface area contributed by atoms with Crippen LogP contribution in [-0.2, 0) is 20.7 Å². The molecule has 4 rings (SSSR count). The van der Waals surface area contributed by atoms with Gasteiger partial charge in [-0.15, -0.1) is 0 Å². The Hall–Kier alpha value is -2.87. The van der Waals surface area contributed by atoms with Crippen molar-refractivity contribution in [3.05, 3.63) is 70.2 Å². The topological polar surface area (TPSA) is 84.9 Å². The number of amides is 3. The quantitative estimate of drug-likeness (QED) is 0.456. The monoisotopic (exact) mass is 570 g/mol. The molecule has 0 radical (unpaired) electrons. The average Bonchev–Trinajstić information content (AvgIpc) is 3.22. The van der Waals surface area contributed by atoms with Crippen LogP contribution in [0.2, 0.25) is 0 Å². The molecule has 1 saturated carbocycles. The number of hydrogen-bond acceptors (Lipinski definition) is 5. The molecule has 3 amide bonds. The van der Waals surface area contributed by atoms with Crippen LogP contribution in [0.1, 0.15) is 57.1 Å². The second kappa shape index (κ2) is 11.7. The molecule has 0 spiro atoms. The Balaban J connectivity index is 1.50. The molecule has 1 saturated heterocycles. The predicted molar refractivity (Wildman–Crippen MR) is 144 cm³/mol. The molecule has 2 aromatic rings. The summed E-state index contributed by atoms with van der Waals surface area (Å²) in [6.45, 7) is 6.19. The molecular weight excluding hydrogens is 536 g/mol. The van der Waals surface area contributed by atoms with E-state index < -0.39 is 17.8 Å². The van der Waals surface area contributed by atoms with Gasteiger partial charge >= 0.3 is 12.2 Å². The van der Waals surface area contributed by atoms with Gasteiger partial charge in [0.2, 0.25) is 5.91 Å². The van der Waals surface area contributed by atoms with E-state index >= 15 is 0 Å².